The van der Waals surface area contributed by atoms with Gasteiger partial charge in [0, 0.05) is 88.2 Å². The summed E-state index contributed by atoms with van der Waals surface area (Å²) >= 11 is 0. The predicted molar refractivity (Wildman–Crippen MR) is 361 cm³/mol. The van der Waals surface area contributed by atoms with E-state index in [-0.39, 0.29) is 68.7 Å². The van der Waals surface area contributed by atoms with E-state index in [1.807, 2.05) is 41.5 Å². The van der Waals surface area contributed by atoms with Gasteiger partial charge in [-0.05, 0) is 94.1 Å². The fraction of sp³-hybridized carbons (Fsp3) is 0.657. The molecule has 11 atom stereocenters. The quantitative estimate of drug-likeness (QED) is 0.153. The molecule has 2 fully saturated rings. The van der Waals surface area contributed by atoms with Gasteiger partial charge in [-0.2, -0.15) is 0 Å². The number of piperidine rings is 1. The molecule has 0 aliphatic carbocycles. The lowest BCUT2D eigenvalue weighted by Gasteiger charge is -2.38. The highest BCUT2D eigenvalue weighted by molar-refractivity contribution is 6.00. The van der Waals surface area contributed by atoms with E-state index in [9.17, 15) is 43.5 Å². The first-order chi connectivity index (χ1) is 44.5. The van der Waals surface area contributed by atoms with Crippen molar-refractivity contribution in [2.24, 2.45) is 23.7 Å². The van der Waals surface area contributed by atoms with Crippen LogP contribution in [0.1, 0.15) is 139 Å². The SMILES string of the molecule is CC(C)C[C@H]1C(=O)N(C)[C@@H](Cc2ccccc2)C(=O)N[C@@H]([C@@H](C)O)C(=O)N(C)[C@@H](C)C(=O)N[C@@H](C(C)C)C(=O)N(C)[C@@H](CC(C)C)C(=O)N(C)[C@@H](CC(C)C)C(=O)N[C@H](C(=O)N(C)[C@@H](Cc2ccccc2)C(=O)N[C@@H](C)C(=O)N2CCCCC2)CC(=O)N(C)CCC(=O)N1C. The second kappa shape index (κ2) is 36.8. The third-order valence-corrected chi connectivity index (χ3v) is 18.3. The molecular formula is C70H110N12O13. The van der Waals surface area contributed by atoms with E-state index in [1.165, 1.54) is 87.7 Å². The number of likely N-dealkylation sites (N-methyl/N-ethyl adjacent to an activating group) is 6. The zero-order valence-corrected chi connectivity index (χ0v) is 59.6. The molecule has 2 aliphatic rings. The summed E-state index contributed by atoms with van der Waals surface area (Å²) < 4.78 is 0. The first-order valence-corrected chi connectivity index (χ1v) is 33.6. The summed E-state index contributed by atoms with van der Waals surface area (Å²) in [5, 5.41) is 22.3. The van der Waals surface area contributed by atoms with Crippen molar-refractivity contribution in [1.29, 1.82) is 0 Å². The van der Waals surface area contributed by atoms with Crippen LogP contribution in [-0.4, -0.2) is 251 Å². The van der Waals surface area contributed by atoms with Gasteiger partial charge in [0.25, 0.3) is 0 Å². The number of aliphatic hydroxyl groups is 1. The number of nitrogens with one attached hydrogen (secondary N) is 4. The summed E-state index contributed by atoms with van der Waals surface area (Å²) in [6.07, 6.45) is 0.164. The normalized spacial score (nSPS) is 24.1. The van der Waals surface area contributed by atoms with E-state index in [2.05, 4.69) is 21.3 Å². The van der Waals surface area contributed by atoms with Gasteiger partial charge in [0.05, 0.1) is 12.5 Å². The maximum absolute atomic E-state index is 15.4. The lowest BCUT2D eigenvalue weighted by Crippen LogP contribution is -2.62. The Hall–Kier alpha value is -7.96. The van der Waals surface area contributed by atoms with E-state index in [0.717, 1.165) is 29.1 Å². The topological polar surface area (TPSA) is 299 Å². The Bertz CT molecular complexity index is 2960. The first kappa shape index (κ1) is 79.5. The van der Waals surface area contributed by atoms with Crippen molar-refractivity contribution in [2.45, 2.75) is 207 Å². The molecule has 25 nitrogen and oxygen atoms in total. The number of hydrogen-bond donors (Lipinski definition) is 5. The highest BCUT2D eigenvalue weighted by atomic mass is 16.3. The van der Waals surface area contributed by atoms with Crippen LogP contribution in [0.4, 0.5) is 0 Å². The van der Waals surface area contributed by atoms with E-state index in [4.69, 9.17) is 0 Å². The Kier molecular flexibility index (Phi) is 30.8. The van der Waals surface area contributed by atoms with Crippen LogP contribution in [0.3, 0.4) is 0 Å². The van der Waals surface area contributed by atoms with Gasteiger partial charge < -0.3 is 65.6 Å². The Labute approximate surface area is 563 Å². The molecular weight excluding hydrogens is 1220 g/mol. The van der Waals surface area contributed by atoms with Crippen LogP contribution in [0.25, 0.3) is 0 Å². The molecule has 2 aromatic carbocycles. The second-order valence-electron chi connectivity index (χ2n) is 27.7. The molecule has 2 aromatic rings. The highest BCUT2D eigenvalue weighted by Crippen LogP contribution is 2.24. The molecule has 0 saturated carbocycles. The van der Waals surface area contributed by atoms with Crippen molar-refractivity contribution in [2.75, 3.05) is 69.0 Å². The minimum Gasteiger partial charge on any atom is -0.391 e. The molecule has 0 aromatic heterocycles. The smallest absolute Gasteiger partial charge is 0.248 e. The van der Waals surface area contributed by atoms with Gasteiger partial charge in [0.15, 0.2) is 0 Å². The van der Waals surface area contributed by atoms with Gasteiger partial charge in [-0.1, -0.05) is 116 Å². The lowest BCUT2D eigenvalue weighted by atomic mass is 9.96. The van der Waals surface area contributed by atoms with Crippen LogP contribution in [0.15, 0.2) is 60.7 Å². The number of carbonyl (C=O) groups is 12. The highest BCUT2D eigenvalue weighted by Gasteiger charge is 2.44. The summed E-state index contributed by atoms with van der Waals surface area (Å²) in [7, 11) is 9.75. The molecule has 528 valence electrons. The van der Waals surface area contributed by atoms with Crippen molar-refractivity contribution in [3.63, 3.8) is 0 Å². The summed E-state index contributed by atoms with van der Waals surface area (Å²) in [6, 6.07) is 4.36. The molecule has 2 saturated heterocycles. The minimum atomic E-state index is -1.71. The number of hydrogen-bond acceptors (Lipinski definition) is 13. The maximum Gasteiger partial charge on any atom is 0.248 e. The van der Waals surface area contributed by atoms with Crippen LogP contribution in [-0.2, 0) is 70.4 Å². The Morgan fingerprint density at radius 3 is 1.53 bits per heavy atom. The number of nitrogens with zero attached hydrogens (tertiary/aromatic N) is 8. The van der Waals surface area contributed by atoms with E-state index >= 15 is 19.2 Å². The first-order valence-electron chi connectivity index (χ1n) is 33.6. The molecule has 0 radical (unpaired) electrons. The standard InChI is InChI=1S/C70H110N12O13/c1-42(2)36-52-63(88)72-51(66(91)78(15)53(39-49-28-22-19-23-29-49)62(87)71-46(9)65(90)82-33-26-21-27-34-82)41-58(85)75(12)35-32-57(84)77(14)55(37-43(3)4)67(92)80(17)54(40-50-30-24-20-25-31-50)64(89)74-60(48(11)83)70(95)76(13)47(10)61(86)73-59(45(7)8)69(94)81(18)56(38-44(5)6)68(93)79(52)16/h19-20,22-25,28-31,42-48,51-56,59-60,83H,21,26-27,32-41H2,1-18H3,(H,71,87)(H,72,88)(H,73,86)(H,74,89)/t46-,47-,48+,51-,52-,53-,54-,55-,56-,59-,60-/m0/s1. The van der Waals surface area contributed by atoms with Crippen molar-refractivity contribution in [3.8, 4) is 0 Å². The number of benzene rings is 2. The van der Waals surface area contributed by atoms with Crippen LogP contribution >= 0.6 is 0 Å². The molecule has 0 spiro atoms. The summed E-state index contributed by atoms with van der Waals surface area (Å²) in [5.74, 6) is -9.67. The minimum absolute atomic E-state index is 0.0283. The molecule has 12 amide bonds. The van der Waals surface area contributed by atoms with E-state index < -0.39 is 144 Å². The van der Waals surface area contributed by atoms with Gasteiger partial charge in [-0.3, -0.25) is 57.5 Å². The number of amides is 12. The largest absolute Gasteiger partial charge is 0.391 e. The zero-order valence-electron chi connectivity index (χ0n) is 59.6. The van der Waals surface area contributed by atoms with Crippen LogP contribution in [0.2, 0.25) is 0 Å². The Morgan fingerprint density at radius 2 is 1.01 bits per heavy atom. The number of likely N-dealkylation sites (tertiary alicyclic amines) is 1. The molecule has 0 bridgehead atoms. The van der Waals surface area contributed by atoms with Crippen LogP contribution in [0, 0.1) is 23.7 Å². The molecule has 0 unspecified atom stereocenters. The van der Waals surface area contributed by atoms with Gasteiger partial charge in [-0.15, -0.1) is 0 Å². The van der Waals surface area contributed by atoms with Gasteiger partial charge >= 0.3 is 0 Å². The second-order valence-corrected chi connectivity index (χ2v) is 27.7. The van der Waals surface area contributed by atoms with Gasteiger partial charge in [0.1, 0.15) is 60.4 Å². The van der Waals surface area contributed by atoms with Crippen molar-refractivity contribution in [3.05, 3.63) is 71.8 Å². The Balaban J connectivity index is 1.92. The predicted octanol–water partition coefficient (Wildman–Crippen LogP) is 2.85. The third kappa shape index (κ3) is 22.3. The monoisotopic (exact) mass is 1330 g/mol. The molecule has 5 N–H and O–H groups in total. The van der Waals surface area contributed by atoms with E-state index in [1.54, 1.807) is 86.3 Å². The fourth-order valence-electron chi connectivity index (χ4n) is 12.0. The number of carbonyl (C=O) groups excluding carboxylic acids is 12. The van der Waals surface area contributed by atoms with E-state index in [0.29, 0.717) is 24.2 Å². The number of rotatable bonds is 17. The molecule has 2 heterocycles. The van der Waals surface area contributed by atoms with Gasteiger partial charge in [-0.25, -0.2) is 0 Å². The fourth-order valence-corrected chi connectivity index (χ4v) is 12.0. The zero-order chi connectivity index (χ0) is 71.5. The van der Waals surface area contributed by atoms with Crippen LogP contribution in [0.5, 0.6) is 0 Å². The summed E-state index contributed by atoms with van der Waals surface area (Å²) in [5.41, 5.74) is 1.29. The molecule has 25 heteroatoms. The van der Waals surface area contributed by atoms with Crippen molar-refractivity contribution < 1.29 is 62.6 Å². The van der Waals surface area contributed by atoms with Crippen molar-refractivity contribution in [1.82, 2.24) is 60.5 Å². The van der Waals surface area contributed by atoms with Crippen molar-refractivity contribution >= 4 is 70.9 Å². The number of aliphatic hydroxyl groups excluding tert-OH is 1. The van der Waals surface area contributed by atoms with Crippen LogP contribution < -0.4 is 21.3 Å². The average molecular weight is 1330 g/mol. The summed E-state index contributed by atoms with van der Waals surface area (Å²) in [6.45, 7) is 19.5. The maximum atomic E-state index is 15.4. The molecule has 2 aliphatic heterocycles. The Morgan fingerprint density at radius 1 is 0.547 bits per heavy atom. The van der Waals surface area contributed by atoms with Gasteiger partial charge in [0.2, 0.25) is 70.9 Å². The average Bonchev–Trinajstić information content (AvgIpc) is 0.846. The molecule has 4 rings (SSSR count). The third-order valence-electron chi connectivity index (χ3n) is 18.3. The molecule has 95 heavy (non-hydrogen) atoms. The lowest BCUT2D eigenvalue weighted by molar-refractivity contribution is -0.151. The summed E-state index contributed by atoms with van der Waals surface area (Å²) in [4.78, 5) is 187.